The van der Waals surface area contributed by atoms with Crippen LogP contribution in [-0.4, -0.2) is 24.9 Å². The lowest BCUT2D eigenvalue weighted by molar-refractivity contribution is 0.214. The number of nitrogens with one attached hydrogen (secondary N) is 2. The summed E-state index contributed by atoms with van der Waals surface area (Å²) in [5, 5.41) is 5.87. The van der Waals surface area contributed by atoms with Gasteiger partial charge in [-0.1, -0.05) is 30.3 Å². The van der Waals surface area contributed by atoms with Crippen LogP contribution >= 0.6 is 11.8 Å². The maximum absolute atomic E-state index is 12.0. The molecule has 0 saturated carbocycles. The Morgan fingerprint density at radius 3 is 2.78 bits per heavy atom. The van der Waals surface area contributed by atoms with Gasteiger partial charge in [0.25, 0.3) is 0 Å². The topological polar surface area (TPSA) is 50.4 Å². The molecule has 0 aromatic heterocycles. The third-order valence-electron chi connectivity index (χ3n) is 3.83. The number of rotatable bonds is 4. The van der Waals surface area contributed by atoms with E-state index in [1.54, 1.807) is 11.8 Å². The molecule has 1 aliphatic rings. The van der Waals surface area contributed by atoms with E-state index < -0.39 is 0 Å². The number of ether oxygens (including phenoxy) is 1. The van der Waals surface area contributed by atoms with Crippen molar-refractivity contribution in [2.75, 3.05) is 12.9 Å². The molecule has 1 heterocycles. The molecule has 23 heavy (non-hydrogen) atoms. The number of hydrogen-bond donors (Lipinski definition) is 2. The molecular formula is C18H20N2O2S. The van der Waals surface area contributed by atoms with Crippen molar-refractivity contribution in [1.82, 2.24) is 10.6 Å². The van der Waals surface area contributed by atoms with Crippen molar-refractivity contribution in [3.8, 4) is 5.75 Å². The molecule has 2 amide bonds. The van der Waals surface area contributed by atoms with Gasteiger partial charge in [0, 0.05) is 11.4 Å². The van der Waals surface area contributed by atoms with Crippen LogP contribution in [0, 0.1) is 0 Å². The number of benzene rings is 2. The molecule has 1 aliphatic heterocycles. The predicted molar refractivity (Wildman–Crippen MR) is 93.0 cm³/mol. The molecular weight excluding hydrogens is 308 g/mol. The molecule has 120 valence electrons. The highest BCUT2D eigenvalue weighted by Crippen LogP contribution is 2.23. The molecule has 0 fully saturated rings. The van der Waals surface area contributed by atoms with Crippen LogP contribution in [0.1, 0.15) is 11.1 Å². The molecule has 0 saturated heterocycles. The Morgan fingerprint density at radius 1 is 1.22 bits per heavy atom. The van der Waals surface area contributed by atoms with Gasteiger partial charge < -0.3 is 15.4 Å². The number of carbonyl (C=O) groups excluding carboxylic acids is 1. The van der Waals surface area contributed by atoms with E-state index in [0.717, 1.165) is 23.3 Å². The SMILES string of the molecule is CSc1ccc(CNC(=O)N[C@H]2COc3ccccc3C2)cc1. The van der Waals surface area contributed by atoms with Gasteiger partial charge in [-0.05, 0) is 42.0 Å². The third-order valence-corrected chi connectivity index (χ3v) is 4.57. The molecule has 0 bridgehead atoms. The molecule has 0 aliphatic carbocycles. The van der Waals surface area contributed by atoms with Crippen LogP contribution in [0.3, 0.4) is 0 Å². The van der Waals surface area contributed by atoms with E-state index in [1.165, 1.54) is 4.90 Å². The van der Waals surface area contributed by atoms with Gasteiger partial charge >= 0.3 is 6.03 Å². The number of para-hydroxylation sites is 1. The highest BCUT2D eigenvalue weighted by molar-refractivity contribution is 7.98. The minimum Gasteiger partial charge on any atom is -0.491 e. The normalized spacial score (nSPS) is 16.1. The first kappa shape index (κ1) is 15.7. The minimum absolute atomic E-state index is 0.00349. The molecule has 5 heteroatoms. The predicted octanol–water partition coefficient (Wildman–Crippen LogP) is 3.21. The van der Waals surface area contributed by atoms with Crippen molar-refractivity contribution < 1.29 is 9.53 Å². The monoisotopic (exact) mass is 328 g/mol. The maximum atomic E-state index is 12.0. The summed E-state index contributed by atoms with van der Waals surface area (Å²) in [6, 6.07) is 16.0. The Morgan fingerprint density at radius 2 is 2.00 bits per heavy atom. The zero-order valence-electron chi connectivity index (χ0n) is 13.0. The van der Waals surface area contributed by atoms with Gasteiger partial charge in [0.15, 0.2) is 0 Å². The summed E-state index contributed by atoms with van der Waals surface area (Å²) in [6.07, 6.45) is 2.84. The third kappa shape index (κ3) is 4.20. The fraction of sp³-hybridized carbons (Fsp3) is 0.278. The van der Waals surface area contributed by atoms with E-state index >= 15 is 0 Å². The number of carbonyl (C=O) groups is 1. The summed E-state index contributed by atoms with van der Waals surface area (Å²) in [5.74, 6) is 0.917. The van der Waals surface area contributed by atoms with E-state index in [-0.39, 0.29) is 12.1 Å². The minimum atomic E-state index is -0.160. The fourth-order valence-corrected chi connectivity index (χ4v) is 2.99. The molecule has 0 spiro atoms. The van der Waals surface area contributed by atoms with Crippen molar-refractivity contribution >= 4 is 17.8 Å². The summed E-state index contributed by atoms with van der Waals surface area (Å²) in [4.78, 5) is 13.3. The highest BCUT2D eigenvalue weighted by Gasteiger charge is 2.20. The lowest BCUT2D eigenvalue weighted by Gasteiger charge is -2.26. The van der Waals surface area contributed by atoms with Crippen LogP contribution in [0.25, 0.3) is 0 Å². The van der Waals surface area contributed by atoms with Gasteiger partial charge in [0.2, 0.25) is 0 Å². The van der Waals surface area contributed by atoms with Crippen LogP contribution < -0.4 is 15.4 Å². The van der Waals surface area contributed by atoms with Crippen LogP contribution in [0.4, 0.5) is 4.79 Å². The number of hydrogen-bond acceptors (Lipinski definition) is 3. The van der Waals surface area contributed by atoms with Crippen LogP contribution in [0.2, 0.25) is 0 Å². The lowest BCUT2D eigenvalue weighted by atomic mass is 10.0. The van der Waals surface area contributed by atoms with Crippen molar-refractivity contribution in [3.05, 3.63) is 59.7 Å². The van der Waals surface area contributed by atoms with Crippen LogP contribution in [0.15, 0.2) is 53.4 Å². The van der Waals surface area contributed by atoms with E-state index in [9.17, 15) is 4.79 Å². The first-order chi connectivity index (χ1) is 11.2. The Balaban J connectivity index is 1.48. The molecule has 2 aromatic rings. The first-order valence-corrected chi connectivity index (χ1v) is 8.85. The second-order valence-electron chi connectivity index (χ2n) is 5.49. The van der Waals surface area contributed by atoms with E-state index in [0.29, 0.717) is 13.2 Å². The summed E-state index contributed by atoms with van der Waals surface area (Å²) >= 11 is 1.71. The molecule has 0 radical (unpaired) electrons. The van der Waals surface area contributed by atoms with E-state index in [2.05, 4.69) is 22.8 Å². The smallest absolute Gasteiger partial charge is 0.315 e. The van der Waals surface area contributed by atoms with Crippen molar-refractivity contribution in [1.29, 1.82) is 0 Å². The van der Waals surface area contributed by atoms with E-state index in [4.69, 9.17) is 4.74 Å². The first-order valence-electron chi connectivity index (χ1n) is 7.62. The quantitative estimate of drug-likeness (QED) is 0.847. The zero-order valence-corrected chi connectivity index (χ0v) is 13.9. The molecule has 0 unspecified atom stereocenters. The van der Waals surface area contributed by atoms with Crippen LogP contribution in [-0.2, 0) is 13.0 Å². The Labute approximate surface area is 140 Å². The summed E-state index contributed by atoms with van der Waals surface area (Å²) in [6.45, 7) is 1.03. The summed E-state index contributed by atoms with van der Waals surface area (Å²) in [7, 11) is 0. The molecule has 2 N–H and O–H groups in total. The number of urea groups is 1. The summed E-state index contributed by atoms with van der Waals surface area (Å²) in [5.41, 5.74) is 2.22. The zero-order chi connectivity index (χ0) is 16.1. The van der Waals surface area contributed by atoms with Crippen molar-refractivity contribution in [3.63, 3.8) is 0 Å². The van der Waals surface area contributed by atoms with Crippen molar-refractivity contribution in [2.24, 2.45) is 0 Å². The maximum Gasteiger partial charge on any atom is 0.315 e. The molecule has 1 atom stereocenters. The number of thioether (sulfide) groups is 1. The second-order valence-corrected chi connectivity index (χ2v) is 6.37. The Bertz CT molecular complexity index is 673. The lowest BCUT2D eigenvalue weighted by Crippen LogP contribution is -2.47. The van der Waals surface area contributed by atoms with Gasteiger partial charge in [-0.3, -0.25) is 0 Å². The van der Waals surface area contributed by atoms with Crippen molar-refractivity contribution in [2.45, 2.75) is 23.9 Å². The Kier molecular flexibility index (Phi) is 5.08. The largest absolute Gasteiger partial charge is 0.491 e. The molecule has 2 aromatic carbocycles. The number of amides is 2. The van der Waals surface area contributed by atoms with Gasteiger partial charge in [-0.15, -0.1) is 11.8 Å². The second kappa shape index (κ2) is 7.42. The highest BCUT2D eigenvalue weighted by atomic mass is 32.2. The van der Waals surface area contributed by atoms with Gasteiger partial charge in [0.1, 0.15) is 12.4 Å². The standard InChI is InChI=1S/C18H20N2O2S/c1-23-16-8-6-13(7-9-16)11-19-18(21)20-15-10-14-4-2-3-5-17(14)22-12-15/h2-9,15H,10-12H2,1H3,(H2,19,20,21)/t15-/m1/s1. The van der Waals surface area contributed by atoms with E-state index in [1.807, 2.05) is 42.7 Å². The summed E-state index contributed by atoms with van der Waals surface area (Å²) < 4.78 is 5.68. The van der Waals surface area contributed by atoms with Crippen LogP contribution in [0.5, 0.6) is 5.75 Å². The van der Waals surface area contributed by atoms with Gasteiger partial charge in [0.05, 0.1) is 6.04 Å². The average Bonchev–Trinajstić information content (AvgIpc) is 2.60. The Hall–Kier alpha value is -2.14. The number of fused-ring (bicyclic) bond motifs is 1. The molecule has 4 nitrogen and oxygen atoms in total. The van der Waals surface area contributed by atoms with Gasteiger partial charge in [-0.25, -0.2) is 4.79 Å². The molecule has 3 rings (SSSR count). The average molecular weight is 328 g/mol. The fourth-order valence-electron chi connectivity index (χ4n) is 2.58. The van der Waals surface area contributed by atoms with Gasteiger partial charge in [-0.2, -0.15) is 0 Å².